The number of benzene rings is 2. The molecular weight excluding hydrogens is 259 g/mol. The van der Waals surface area contributed by atoms with Gasteiger partial charge in [0.15, 0.2) is 0 Å². The SMILES string of the molecule is COc1ccc(COc2cc(F)ccc2C(C)O)cc1. The normalized spacial score (nSPS) is 12.0. The van der Waals surface area contributed by atoms with Gasteiger partial charge in [0, 0.05) is 11.6 Å². The molecule has 106 valence electrons. The summed E-state index contributed by atoms with van der Waals surface area (Å²) in [6, 6.07) is 11.5. The summed E-state index contributed by atoms with van der Waals surface area (Å²) >= 11 is 0. The zero-order chi connectivity index (χ0) is 14.5. The summed E-state index contributed by atoms with van der Waals surface area (Å²) in [6.45, 7) is 1.92. The van der Waals surface area contributed by atoms with Crippen LogP contribution in [0.15, 0.2) is 42.5 Å². The Morgan fingerprint density at radius 1 is 1.15 bits per heavy atom. The molecule has 1 unspecified atom stereocenters. The van der Waals surface area contributed by atoms with E-state index in [1.165, 1.54) is 18.2 Å². The van der Waals surface area contributed by atoms with Crippen molar-refractivity contribution in [3.8, 4) is 11.5 Å². The van der Waals surface area contributed by atoms with Crippen molar-refractivity contribution in [1.29, 1.82) is 0 Å². The standard InChI is InChI=1S/C16H17FO3/c1-11(18)15-8-5-13(17)9-16(15)20-10-12-3-6-14(19-2)7-4-12/h3-9,11,18H,10H2,1-2H3. The van der Waals surface area contributed by atoms with Crippen LogP contribution in [0.5, 0.6) is 11.5 Å². The molecule has 0 saturated heterocycles. The lowest BCUT2D eigenvalue weighted by molar-refractivity contribution is 0.190. The summed E-state index contributed by atoms with van der Waals surface area (Å²) in [7, 11) is 1.60. The second kappa shape index (κ2) is 6.39. The monoisotopic (exact) mass is 276 g/mol. The zero-order valence-corrected chi connectivity index (χ0v) is 11.5. The molecule has 1 atom stereocenters. The lowest BCUT2D eigenvalue weighted by atomic mass is 10.1. The predicted octanol–water partition coefficient (Wildman–Crippen LogP) is 3.47. The molecule has 0 amide bonds. The van der Waals surface area contributed by atoms with Gasteiger partial charge in [-0.1, -0.05) is 12.1 Å². The molecule has 0 bridgehead atoms. The molecule has 0 aromatic heterocycles. The maximum absolute atomic E-state index is 13.3. The van der Waals surface area contributed by atoms with Gasteiger partial charge in [0.1, 0.15) is 23.9 Å². The smallest absolute Gasteiger partial charge is 0.128 e. The first kappa shape index (κ1) is 14.3. The summed E-state index contributed by atoms with van der Waals surface area (Å²) < 4.78 is 23.9. The third-order valence-electron chi connectivity index (χ3n) is 2.98. The van der Waals surface area contributed by atoms with Crippen LogP contribution in [0.2, 0.25) is 0 Å². The van der Waals surface area contributed by atoms with Gasteiger partial charge in [0.25, 0.3) is 0 Å². The molecule has 0 radical (unpaired) electrons. The molecular formula is C16H17FO3. The summed E-state index contributed by atoms with van der Waals surface area (Å²) in [6.07, 6.45) is -0.707. The second-order valence-corrected chi connectivity index (χ2v) is 4.49. The largest absolute Gasteiger partial charge is 0.497 e. The molecule has 0 aliphatic rings. The van der Waals surface area contributed by atoms with Crippen molar-refractivity contribution in [2.75, 3.05) is 7.11 Å². The van der Waals surface area contributed by atoms with E-state index < -0.39 is 6.10 Å². The van der Waals surface area contributed by atoms with E-state index in [9.17, 15) is 9.50 Å². The van der Waals surface area contributed by atoms with E-state index in [1.54, 1.807) is 14.0 Å². The zero-order valence-electron chi connectivity index (χ0n) is 11.5. The Morgan fingerprint density at radius 3 is 2.45 bits per heavy atom. The van der Waals surface area contributed by atoms with Gasteiger partial charge in [-0.3, -0.25) is 0 Å². The Balaban J connectivity index is 2.11. The van der Waals surface area contributed by atoms with Crippen molar-refractivity contribution >= 4 is 0 Å². The van der Waals surface area contributed by atoms with E-state index in [2.05, 4.69) is 0 Å². The minimum absolute atomic E-state index is 0.299. The van der Waals surface area contributed by atoms with Crippen molar-refractivity contribution < 1.29 is 19.0 Å². The van der Waals surface area contributed by atoms with Crippen molar-refractivity contribution in [3.05, 3.63) is 59.4 Å². The predicted molar refractivity (Wildman–Crippen MR) is 74.4 cm³/mol. The molecule has 0 heterocycles. The minimum Gasteiger partial charge on any atom is -0.497 e. The quantitative estimate of drug-likeness (QED) is 0.908. The maximum Gasteiger partial charge on any atom is 0.128 e. The van der Waals surface area contributed by atoms with Crippen molar-refractivity contribution in [2.45, 2.75) is 19.6 Å². The van der Waals surface area contributed by atoms with Gasteiger partial charge in [-0.15, -0.1) is 0 Å². The fraction of sp³-hybridized carbons (Fsp3) is 0.250. The Kier molecular flexibility index (Phi) is 4.58. The van der Waals surface area contributed by atoms with Gasteiger partial charge in [0.05, 0.1) is 13.2 Å². The topological polar surface area (TPSA) is 38.7 Å². The summed E-state index contributed by atoms with van der Waals surface area (Å²) in [5.74, 6) is 0.735. The van der Waals surface area contributed by atoms with Crippen LogP contribution in [-0.4, -0.2) is 12.2 Å². The van der Waals surface area contributed by atoms with Crippen LogP contribution in [0, 0.1) is 5.82 Å². The highest BCUT2D eigenvalue weighted by atomic mass is 19.1. The molecule has 0 spiro atoms. The molecule has 4 heteroatoms. The van der Waals surface area contributed by atoms with E-state index in [-0.39, 0.29) is 5.82 Å². The van der Waals surface area contributed by atoms with Gasteiger partial charge in [-0.25, -0.2) is 4.39 Å². The Morgan fingerprint density at radius 2 is 1.85 bits per heavy atom. The van der Waals surface area contributed by atoms with Crippen LogP contribution in [0.3, 0.4) is 0 Å². The van der Waals surface area contributed by atoms with Crippen LogP contribution in [-0.2, 0) is 6.61 Å². The first-order valence-corrected chi connectivity index (χ1v) is 6.33. The second-order valence-electron chi connectivity index (χ2n) is 4.49. The highest BCUT2D eigenvalue weighted by Crippen LogP contribution is 2.27. The van der Waals surface area contributed by atoms with Gasteiger partial charge in [0.2, 0.25) is 0 Å². The van der Waals surface area contributed by atoms with Crippen molar-refractivity contribution in [2.24, 2.45) is 0 Å². The van der Waals surface area contributed by atoms with E-state index in [0.717, 1.165) is 11.3 Å². The first-order valence-electron chi connectivity index (χ1n) is 6.33. The highest BCUT2D eigenvalue weighted by Gasteiger charge is 2.10. The average molecular weight is 276 g/mol. The number of ether oxygens (including phenoxy) is 2. The van der Waals surface area contributed by atoms with Crippen LogP contribution in [0.1, 0.15) is 24.2 Å². The number of methoxy groups -OCH3 is 1. The number of halogens is 1. The van der Waals surface area contributed by atoms with Gasteiger partial charge in [-0.05, 0) is 36.8 Å². The highest BCUT2D eigenvalue weighted by molar-refractivity contribution is 5.36. The van der Waals surface area contributed by atoms with Crippen molar-refractivity contribution in [1.82, 2.24) is 0 Å². The van der Waals surface area contributed by atoms with Gasteiger partial charge in [-0.2, -0.15) is 0 Å². The van der Waals surface area contributed by atoms with E-state index in [1.807, 2.05) is 24.3 Å². The number of hydrogen-bond acceptors (Lipinski definition) is 3. The summed E-state index contributed by atoms with van der Waals surface area (Å²) in [5.41, 5.74) is 1.51. The molecule has 2 aromatic rings. The van der Waals surface area contributed by atoms with E-state index in [4.69, 9.17) is 9.47 Å². The number of rotatable bonds is 5. The Bertz CT molecular complexity index is 564. The van der Waals surface area contributed by atoms with Crippen molar-refractivity contribution in [3.63, 3.8) is 0 Å². The molecule has 0 saturated carbocycles. The first-order chi connectivity index (χ1) is 9.60. The van der Waals surface area contributed by atoms with Gasteiger partial charge >= 0.3 is 0 Å². The fourth-order valence-electron chi connectivity index (χ4n) is 1.86. The third-order valence-corrected chi connectivity index (χ3v) is 2.98. The van der Waals surface area contributed by atoms with Crippen LogP contribution in [0.4, 0.5) is 4.39 Å². The molecule has 20 heavy (non-hydrogen) atoms. The Hall–Kier alpha value is -2.07. The van der Waals surface area contributed by atoms with E-state index in [0.29, 0.717) is 17.9 Å². The minimum atomic E-state index is -0.707. The Labute approximate surface area is 117 Å². The molecule has 0 fully saturated rings. The van der Waals surface area contributed by atoms with Crippen LogP contribution >= 0.6 is 0 Å². The molecule has 0 aliphatic carbocycles. The molecule has 1 N–H and O–H groups in total. The molecule has 2 rings (SSSR count). The lowest BCUT2D eigenvalue weighted by Gasteiger charge is -2.13. The fourth-order valence-corrected chi connectivity index (χ4v) is 1.86. The van der Waals surface area contributed by atoms with Crippen LogP contribution in [0.25, 0.3) is 0 Å². The van der Waals surface area contributed by atoms with Crippen LogP contribution < -0.4 is 9.47 Å². The van der Waals surface area contributed by atoms with Gasteiger partial charge < -0.3 is 14.6 Å². The lowest BCUT2D eigenvalue weighted by Crippen LogP contribution is -2.01. The summed E-state index contributed by atoms with van der Waals surface area (Å²) in [5, 5.41) is 9.64. The molecule has 0 aliphatic heterocycles. The number of hydrogen-bond donors (Lipinski definition) is 1. The average Bonchev–Trinajstić information content (AvgIpc) is 2.45. The summed E-state index contributed by atoms with van der Waals surface area (Å²) in [4.78, 5) is 0. The molecule has 3 nitrogen and oxygen atoms in total. The van der Waals surface area contributed by atoms with E-state index >= 15 is 0 Å². The number of aliphatic hydroxyl groups is 1. The third kappa shape index (κ3) is 3.48. The maximum atomic E-state index is 13.3. The number of aliphatic hydroxyl groups excluding tert-OH is 1. The molecule has 2 aromatic carbocycles.